The van der Waals surface area contributed by atoms with E-state index in [0.29, 0.717) is 6.10 Å². The van der Waals surface area contributed by atoms with Crippen LogP contribution in [0.25, 0.3) is 0 Å². The summed E-state index contributed by atoms with van der Waals surface area (Å²) in [5.74, 6) is 0.953. The van der Waals surface area contributed by atoms with Crippen LogP contribution >= 0.6 is 0 Å². The second-order valence-electron chi connectivity index (χ2n) is 5.67. The Morgan fingerprint density at radius 3 is 3.00 bits per heavy atom. The van der Waals surface area contributed by atoms with Gasteiger partial charge in [0, 0.05) is 31.8 Å². The van der Waals surface area contributed by atoms with Crippen LogP contribution in [0, 0.1) is 0 Å². The van der Waals surface area contributed by atoms with Gasteiger partial charge in [-0.3, -0.25) is 4.90 Å². The Hall–Kier alpha value is -1.10. The van der Waals surface area contributed by atoms with Crippen LogP contribution in [0.4, 0.5) is 0 Å². The third-order valence-corrected chi connectivity index (χ3v) is 4.10. The molecular formula is C16H23NO3. The average molecular weight is 277 g/mol. The van der Waals surface area contributed by atoms with Crippen LogP contribution in [-0.2, 0) is 17.9 Å². The van der Waals surface area contributed by atoms with Gasteiger partial charge < -0.3 is 14.6 Å². The first-order valence-corrected chi connectivity index (χ1v) is 7.54. The molecule has 0 spiro atoms. The van der Waals surface area contributed by atoms with Gasteiger partial charge in [0.15, 0.2) is 0 Å². The number of benzene rings is 1. The number of hydrogen-bond acceptors (Lipinski definition) is 4. The lowest BCUT2D eigenvalue weighted by molar-refractivity contribution is -0.00766. The molecule has 0 aliphatic carbocycles. The Bertz CT molecular complexity index is 443. The molecule has 2 aliphatic heterocycles. The Labute approximate surface area is 120 Å². The smallest absolute Gasteiger partial charge is 0.123 e. The molecule has 1 atom stereocenters. The van der Waals surface area contributed by atoms with Gasteiger partial charge in [0.25, 0.3) is 0 Å². The quantitative estimate of drug-likeness (QED) is 0.917. The summed E-state index contributed by atoms with van der Waals surface area (Å²) in [5.41, 5.74) is 2.12. The summed E-state index contributed by atoms with van der Waals surface area (Å²) < 4.78 is 11.6. The number of nitrogens with zero attached hydrogens (tertiary/aromatic N) is 1. The molecule has 0 bridgehead atoms. The molecule has 2 aliphatic rings. The van der Waals surface area contributed by atoms with Crippen LogP contribution in [-0.4, -0.2) is 42.4 Å². The molecule has 0 aromatic heterocycles. The first kappa shape index (κ1) is 13.9. The van der Waals surface area contributed by atoms with E-state index in [4.69, 9.17) is 9.47 Å². The van der Waals surface area contributed by atoms with E-state index in [1.54, 1.807) is 0 Å². The van der Waals surface area contributed by atoms with Gasteiger partial charge >= 0.3 is 0 Å². The predicted octanol–water partition coefficient (Wildman–Crippen LogP) is 1.94. The van der Waals surface area contributed by atoms with Crippen LogP contribution in [0.2, 0.25) is 0 Å². The fourth-order valence-electron chi connectivity index (χ4n) is 3.00. The molecule has 1 saturated heterocycles. The van der Waals surface area contributed by atoms with Crippen molar-refractivity contribution in [2.75, 3.05) is 26.3 Å². The molecule has 3 rings (SSSR count). The maximum Gasteiger partial charge on any atom is 0.123 e. The molecule has 1 N–H and O–H groups in total. The maximum absolute atomic E-state index is 9.26. The minimum absolute atomic E-state index is 0.0824. The average Bonchev–Trinajstić information content (AvgIpc) is 2.69. The van der Waals surface area contributed by atoms with Crippen molar-refractivity contribution >= 4 is 0 Å². The number of aliphatic hydroxyl groups is 1. The van der Waals surface area contributed by atoms with E-state index in [1.165, 1.54) is 24.8 Å². The van der Waals surface area contributed by atoms with Gasteiger partial charge in [-0.1, -0.05) is 6.07 Å². The number of fused-ring (bicyclic) bond motifs is 1. The van der Waals surface area contributed by atoms with Gasteiger partial charge in [0.05, 0.1) is 12.7 Å². The van der Waals surface area contributed by atoms with Crippen molar-refractivity contribution < 1.29 is 14.6 Å². The third kappa shape index (κ3) is 3.32. The van der Waals surface area contributed by atoms with E-state index in [0.717, 1.165) is 44.2 Å². The second kappa shape index (κ2) is 6.57. The summed E-state index contributed by atoms with van der Waals surface area (Å²) in [6.45, 7) is 4.50. The zero-order valence-electron chi connectivity index (χ0n) is 11.9. The van der Waals surface area contributed by atoms with Crippen molar-refractivity contribution in [3.05, 3.63) is 29.3 Å². The van der Waals surface area contributed by atoms with E-state index in [2.05, 4.69) is 11.0 Å². The summed E-state index contributed by atoms with van der Waals surface area (Å²) in [6.07, 6.45) is 4.01. The first-order valence-electron chi connectivity index (χ1n) is 7.54. The normalized spacial score (nSPS) is 23.8. The van der Waals surface area contributed by atoms with Crippen LogP contribution in [0.5, 0.6) is 5.75 Å². The van der Waals surface area contributed by atoms with Crippen molar-refractivity contribution in [2.45, 2.75) is 38.5 Å². The lowest BCUT2D eigenvalue weighted by Crippen LogP contribution is -2.36. The van der Waals surface area contributed by atoms with Gasteiger partial charge in [-0.25, -0.2) is 0 Å². The van der Waals surface area contributed by atoms with Crippen LogP contribution < -0.4 is 4.74 Å². The molecule has 0 saturated carbocycles. The van der Waals surface area contributed by atoms with E-state index >= 15 is 0 Å². The summed E-state index contributed by atoms with van der Waals surface area (Å²) in [5, 5.41) is 9.26. The topological polar surface area (TPSA) is 41.9 Å². The molecule has 4 nitrogen and oxygen atoms in total. The highest BCUT2D eigenvalue weighted by Gasteiger charge is 2.21. The molecule has 0 amide bonds. The van der Waals surface area contributed by atoms with Crippen molar-refractivity contribution in [3.8, 4) is 5.75 Å². The van der Waals surface area contributed by atoms with Crippen LogP contribution in [0.15, 0.2) is 18.2 Å². The number of rotatable bonds is 3. The lowest BCUT2D eigenvalue weighted by Gasteiger charge is -2.28. The number of hydrogen-bond donors (Lipinski definition) is 1. The molecule has 1 aromatic carbocycles. The lowest BCUT2D eigenvalue weighted by atomic mass is 10.1. The zero-order valence-corrected chi connectivity index (χ0v) is 11.9. The van der Waals surface area contributed by atoms with Crippen molar-refractivity contribution in [3.63, 3.8) is 0 Å². The highest BCUT2D eigenvalue weighted by atomic mass is 16.5. The molecule has 1 aromatic rings. The zero-order chi connectivity index (χ0) is 13.8. The molecular weight excluding hydrogens is 254 g/mol. The SMILES string of the molecule is OCc1ccc2c(c1)CN(C[C@H]1CCCCO1)CCO2. The molecule has 0 unspecified atom stereocenters. The Morgan fingerprint density at radius 1 is 1.25 bits per heavy atom. The molecule has 1 fully saturated rings. The van der Waals surface area contributed by atoms with Gasteiger partial charge in [0.1, 0.15) is 12.4 Å². The van der Waals surface area contributed by atoms with Gasteiger partial charge in [-0.15, -0.1) is 0 Å². The van der Waals surface area contributed by atoms with Gasteiger partial charge in [-0.05, 0) is 37.0 Å². The second-order valence-corrected chi connectivity index (χ2v) is 5.67. The predicted molar refractivity (Wildman–Crippen MR) is 76.7 cm³/mol. The van der Waals surface area contributed by atoms with E-state index < -0.39 is 0 Å². The molecule has 110 valence electrons. The number of ether oxygens (including phenoxy) is 2. The Kier molecular flexibility index (Phi) is 4.55. The van der Waals surface area contributed by atoms with Gasteiger partial charge in [0.2, 0.25) is 0 Å². The summed E-state index contributed by atoms with van der Waals surface area (Å²) in [6, 6.07) is 5.95. The van der Waals surface area contributed by atoms with Crippen molar-refractivity contribution in [1.82, 2.24) is 4.90 Å². The molecule has 4 heteroatoms. The summed E-state index contributed by atoms with van der Waals surface area (Å²) >= 11 is 0. The highest BCUT2D eigenvalue weighted by Crippen LogP contribution is 2.25. The monoisotopic (exact) mass is 277 g/mol. The Balaban J connectivity index is 1.68. The van der Waals surface area contributed by atoms with E-state index in [9.17, 15) is 5.11 Å². The first-order chi connectivity index (χ1) is 9.85. The standard InChI is InChI=1S/C16H23NO3/c18-12-13-4-5-16-14(9-13)10-17(6-8-20-16)11-15-3-1-2-7-19-15/h4-5,9,15,18H,1-3,6-8,10-12H2/t15-/m1/s1. The molecule has 2 heterocycles. The minimum atomic E-state index is 0.0824. The summed E-state index contributed by atoms with van der Waals surface area (Å²) in [7, 11) is 0. The summed E-state index contributed by atoms with van der Waals surface area (Å²) in [4.78, 5) is 2.41. The van der Waals surface area contributed by atoms with Crippen molar-refractivity contribution in [1.29, 1.82) is 0 Å². The van der Waals surface area contributed by atoms with E-state index in [1.807, 2.05) is 12.1 Å². The largest absolute Gasteiger partial charge is 0.492 e. The fraction of sp³-hybridized carbons (Fsp3) is 0.625. The van der Waals surface area contributed by atoms with E-state index in [-0.39, 0.29) is 6.61 Å². The van der Waals surface area contributed by atoms with Crippen LogP contribution in [0.3, 0.4) is 0 Å². The van der Waals surface area contributed by atoms with Crippen LogP contribution in [0.1, 0.15) is 30.4 Å². The van der Waals surface area contributed by atoms with Crippen molar-refractivity contribution in [2.24, 2.45) is 0 Å². The highest BCUT2D eigenvalue weighted by molar-refractivity contribution is 5.37. The number of aliphatic hydroxyl groups excluding tert-OH is 1. The molecule has 20 heavy (non-hydrogen) atoms. The fourth-order valence-corrected chi connectivity index (χ4v) is 3.00. The van der Waals surface area contributed by atoms with Gasteiger partial charge in [-0.2, -0.15) is 0 Å². The Morgan fingerprint density at radius 2 is 2.20 bits per heavy atom. The third-order valence-electron chi connectivity index (χ3n) is 4.10. The molecule has 0 radical (unpaired) electrons. The minimum Gasteiger partial charge on any atom is -0.492 e. The maximum atomic E-state index is 9.26.